The van der Waals surface area contributed by atoms with Crippen LogP contribution in [0.25, 0.3) is 65.3 Å². The molecule has 1 spiro atoms. The van der Waals surface area contributed by atoms with Gasteiger partial charge in [0, 0.05) is 50.7 Å². The van der Waals surface area contributed by atoms with Crippen molar-refractivity contribution in [2.75, 3.05) is 9.80 Å². The lowest BCUT2D eigenvalue weighted by molar-refractivity contribution is -0.0397. The lowest BCUT2D eigenvalue weighted by Crippen LogP contribution is -2.55. The average molecular weight is 847 g/mol. The van der Waals surface area contributed by atoms with E-state index in [1.54, 1.807) is 11.1 Å². The number of hydrogen-bond acceptors (Lipinski definition) is 4. The van der Waals surface area contributed by atoms with E-state index in [0.717, 1.165) is 50.7 Å². The van der Waals surface area contributed by atoms with E-state index in [2.05, 4.69) is 180 Å². The van der Waals surface area contributed by atoms with Crippen LogP contribution in [0.3, 0.4) is 0 Å². The summed E-state index contributed by atoms with van der Waals surface area (Å²) in [6.07, 6.45) is 10.6. The minimum absolute atomic E-state index is 0.0150. The Morgan fingerprint density at radius 3 is 1.62 bits per heavy atom. The van der Waals surface area contributed by atoms with Crippen LogP contribution in [0.2, 0.25) is 0 Å². The molecule has 4 saturated carbocycles. The van der Waals surface area contributed by atoms with Crippen LogP contribution in [0, 0.1) is 23.7 Å². The van der Waals surface area contributed by atoms with Crippen molar-refractivity contribution in [3.8, 4) is 11.1 Å². The van der Waals surface area contributed by atoms with Gasteiger partial charge in [-0.25, -0.2) is 0 Å². The largest absolute Gasteiger partial charge is 0.310 e. The summed E-state index contributed by atoms with van der Waals surface area (Å²) in [5, 5.41) is 9.67. The van der Waals surface area contributed by atoms with E-state index in [0.29, 0.717) is 11.8 Å². The van der Waals surface area contributed by atoms with Gasteiger partial charge in [-0.2, -0.15) is 0 Å². The van der Waals surface area contributed by atoms with Crippen LogP contribution in [0.15, 0.2) is 194 Å². The zero-order chi connectivity index (χ0) is 43.1. The van der Waals surface area contributed by atoms with Crippen molar-refractivity contribution in [1.82, 2.24) is 9.97 Å². The number of rotatable bonds is 6. The van der Waals surface area contributed by atoms with Gasteiger partial charge >= 0.3 is 0 Å². The normalized spacial score (nSPS) is 21.4. The Morgan fingerprint density at radius 2 is 0.955 bits per heavy atom. The van der Waals surface area contributed by atoms with Crippen molar-refractivity contribution in [3.05, 3.63) is 206 Å². The molecule has 9 aromatic carbocycles. The van der Waals surface area contributed by atoms with Gasteiger partial charge in [0.2, 0.25) is 0 Å². The summed E-state index contributed by atoms with van der Waals surface area (Å²) < 4.78 is 0. The van der Waals surface area contributed by atoms with Crippen molar-refractivity contribution in [2.24, 2.45) is 23.7 Å². The van der Waals surface area contributed by atoms with E-state index in [1.807, 2.05) is 24.5 Å². The second kappa shape index (κ2) is 13.7. The van der Waals surface area contributed by atoms with Crippen molar-refractivity contribution < 1.29 is 0 Å². The highest BCUT2D eigenvalue weighted by molar-refractivity contribution is 6.28. The van der Waals surface area contributed by atoms with Crippen LogP contribution < -0.4 is 9.80 Å². The molecule has 0 aliphatic heterocycles. The van der Waals surface area contributed by atoms with Gasteiger partial charge in [0.05, 0.1) is 33.8 Å². The number of anilines is 6. The van der Waals surface area contributed by atoms with Gasteiger partial charge in [0.1, 0.15) is 0 Å². The van der Waals surface area contributed by atoms with Crippen LogP contribution in [0.4, 0.5) is 34.1 Å². The van der Waals surface area contributed by atoms with Crippen LogP contribution in [-0.2, 0) is 5.41 Å². The third-order valence-electron chi connectivity index (χ3n) is 16.6. The predicted octanol–water partition coefficient (Wildman–Crippen LogP) is 16.3. The van der Waals surface area contributed by atoms with Crippen molar-refractivity contribution >= 4 is 88.2 Å². The number of hydrogen-bond donors (Lipinski definition) is 0. The lowest BCUT2D eigenvalue weighted by Gasteiger charge is -2.61. The summed E-state index contributed by atoms with van der Waals surface area (Å²) in [7, 11) is 0. The molecule has 2 aromatic heterocycles. The highest BCUT2D eigenvalue weighted by atomic mass is 15.2. The maximum Gasteiger partial charge on any atom is 0.0985 e. The average Bonchev–Trinajstić information content (AvgIpc) is 3.67. The van der Waals surface area contributed by atoms with E-state index in [-0.39, 0.29) is 5.41 Å². The summed E-state index contributed by atoms with van der Waals surface area (Å²) in [6.45, 7) is 0. The zero-order valence-corrected chi connectivity index (χ0v) is 36.6. The molecule has 0 atom stereocenters. The van der Waals surface area contributed by atoms with E-state index >= 15 is 0 Å². The van der Waals surface area contributed by atoms with Crippen molar-refractivity contribution in [1.29, 1.82) is 0 Å². The second-order valence-electron chi connectivity index (χ2n) is 19.7. The molecule has 0 radical (unpaired) electrons. The van der Waals surface area contributed by atoms with Crippen LogP contribution >= 0.6 is 0 Å². The Labute approximate surface area is 384 Å². The molecule has 4 bridgehead atoms. The molecule has 5 aliphatic rings. The first-order chi connectivity index (χ1) is 32.7. The first kappa shape index (κ1) is 36.7. The number of nitrogens with zero attached hydrogens (tertiary/aromatic N) is 4. The molecule has 2 heterocycles. The second-order valence-corrected chi connectivity index (χ2v) is 19.7. The van der Waals surface area contributed by atoms with Gasteiger partial charge in [0.25, 0.3) is 0 Å². The third kappa shape index (κ3) is 4.94. The number of fused-ring (bicyclic) bond motifs is 6. The van der Waals surface area contributed by atoms with Gasteiger partial charge in [-0.15, -0.1) is 0 Å². The summed E-state index contributed by atoms with van der Waals surface area (Å²) in [5.41, 5.74) is 14.9. The molecular formula is C62H46N4. The van der Waals surface area contributed by atoms with Gasteiger partial charge in [-0.3, -0.25) is 9.97 Å². The monoisotopic (exact) mass is 846 g/mol. The van der Waals surface area contributed by atoms with E-state index < -0.39 is 0 Å². The maximum absolute atomic E-state index is 4.93. The molecule has 5 aliphatic carbocycles. The molecule has 314 valence electrons. The molecule has 4 heteroatoms. The van der Waals surface area contributed by atoms with Gasteiger partial charge < -0.3 is 9.80 Å². The highest BCUT2D eigenvalue weighted by Gasteiger charge is 2.62. The first-order valence-electron chi connectivity index (χ1n) is 24.0. The van der Waals surface area contributed by atoms with Crippen LogP contribution in [0.5, 0.6) is 0 Å². The van der Waals surface area contributed by atoms with Gasteiger partial charge in [-0.05, 0) is 166 Å². The molecule has 16 rings (SSSR count). The Kier molecular flexibility index (Phi) is 7.64. The van der Waals surface area contributed by atoms with Crippen molar-refractivity contribution in [3.63, 3.8) is 0 Å². The molecule has 0 amide bonds. The van der Waals surface area contributed by atoms with E-state index in [4.69, 9.17) is 9.97 Å². The first-order valence-corrected chi connectivity index (χ1v) is 24.0. The fourth-order valence-electron chi connectivity index (χ4n) is 14.4. The molecule has 0 saturated heterocycles. The molecule has 0 N–H and O–H groups in total. The number of para-hydroxylation sites is 2. The quantitative estimate of drug-likeness (QED) is 0.156. The smallest absolute Gasteiger partial charge is 0.0985 e. The summed E-state index contributed by atoms with van der Waals surface area (Å²) >= 11 is 0. The minimum Gasteiger partial charge on any atom is -0.310 e. The summed E-state index contributed by atoms with van der Waals surface area (Å²) in [6, 6.07) is 68.3. The highest BCUT2D eigenvalue weighted by Crippen LogP contribution is 2.71. The van der Waals surface area contributed by atoms with Crippen LogP contribution in [-0.4, -0.2) is 9.97 Å². The fourth-order valence-corrected chi connectivity index (χ4v) is 14.4. The summed E-state index contributed by atoms with van der Waals surface area (Å²) in [4.78, 5) is 14.8. The number of benzene rings is 9. The fraction of sp³-hybridized carbons (Fsp3) is 0.161. The van der Waals surface area contributed by atoms with Gasteiger partial charge in [0.15, 0.2) is 0 Å². The summed E-state index contributed by atoms with van der Waals surface area (Å²) in [5.74, 6) is 3.07. The third-order valence-corrected chi connectivity index (χ3v) is 16.6. The molecule has 4 fully saturated rings. The Balaban J connectivity index is 0.990. The van der Waals surface area contributed by atoms with Crippen molar-refractivity contribution in [2.45, 2.75) is 37.5 Å². The topological polar surface area (TPSA) is 32.3 Å². The number of aromatic nitrogens is 2. The molecular weight excluding hydrogens is 801 g/mol. The minimum atomic E-state index is 0.0150. The molecule has 66 heavy (non-hydrogen) atoms. The van der Waals surface area contributed by atoms with Gasteiger partial charge in [-0.1, -0.05) is 115 Å². The SMILES string of the molecule is c1ccc(N(c2cccc3c2C2(c4ccccc4-3)C3CC4CC(C3)CC2C4)c2ccc3ccc4c(N(c5ccccc5)c5cc6cccnc6c6ncccc56)ccc5ccc2c3c54)cc1. The molecule has 0 unspecified atom stereocenters. The standard InChI is InChI=1S/C62H46N4/c1-3-13-45(14-4-1)65(55-21-9-18-48-47-17-7-8-20-52(47)62(59(48)55)43-33-38-32-39(35-43)36-44(62)34-38)53-28-24-40-23-27-50-54(29-25-41-22-26-49(53)57(40)58(41)50)66(46-15-5-2-6-16-46)56-37-42-12-10-30-63-60(42)61-51(56)19-11-31-64-61/h1-31,37-39,43-44H,32-36H2. The zero-order valence-electron chi connectivity index (χ0n) is 36.6. The Bertz CT molecular complexity index is 3720. The lowest BCUT2D eigenvalue weighted by atomic mass is 9.43. The molecule has 4 nitrogen and oxygen atoms in total. The maximum atomic E-state index is 4.93. The molecule has 11 aromatic rings. The Morgan fingerprint density at radius 1 is 0.394 bits per heavy atom. The Hall–Kier alpha value is -7.56. The predicted molar refractivity (Wildman–Crippen MR) is 273 cm³/mol. The van der Waals surface area contributed by atoms with Crippen LogP contribution in [0.1, 0.15) is 43.2 Å². The van der Waals surface area contributed by atoms with E-state index in [1.165, 1.54) is 92.6 Å². The number of pyridine rings is 2. The van der Waals surface area contributed by atoms with E-state index in [9.17, 15) is 0 Å².